The first-order valence-corrected chi connectivity index (χ1v) is 7.76. The summed E-state index contributed by atoms with van der Waals surface area (Å²) >= 11 is 0. The Morgan fingerprint density at radius 1 is 1.19 bits per heavy atom. The van der Waals surface area contributed by atoms with Gasteiger partial charge in [-0.25, -0.2) is 17.2 Å². The second-order valence-corrected chi connectivity index (χ2v) is 7.59. The molecule has 114 valence electrons. The average Bonchev–Trinajstić information content (AvgIpc) is 2.80. The molecule has 2 aromatic rings. The van der Waals surface area contributed by atoms with Crippen LogP contribution in [0.25, 0.3) is 0 Å². The molecular weight excluding hydrogens is 302 g/mol. The number of aromatic nitrogens is 2. The van der Waals surface area contributed by atoms with E-state index in [4.69, 9.17) is 4.52 Å². The minimum absolute atomic E-state index is 0.0235. The van der Waals surface area contributed by atoms with Crippen molar-refractivity contribution in [3.05, 3.63) is 41.5 Å². The Kier molecular flexibility index (Phi) is 3.83. The van der Waals surface area contributed by atoms with Crippen molar-refractivity contribution in [2.24, 2.45) is 0 Å². The fraction of sp³-hybridized carbons (Fsp3) is 0.385. The molecule has 2 rings (SSSR count). The zero-order valence-electron chi connectivity index (χ0n) is 11.7. The number of hydrogen-bond donors (Lipinski definition) is 0. The highest BCUT2D eigenvalue weighted by Gasteiger charge is 2.25. The number of halogens is 2. The topological polar surface area (TPSA) is 73.1 Å². The van der Waals surface area contributed by atoms with E-state index >= 15 is 0 Å². The number of hydrogen-bond acceptors (Lipinski definition) is 5. The minimum Gasteiger partial charge on any atom is -0.339 e. The Morgan fingerprint density at radius 2 is 1.86 bits per heavy atom. The molecule has 5 nitrogen and oxygen atoms in total. The van der Waals surface area contributed by atoms with E-state index < -0.39 is 32.6 Å². The van der Waals surface area contributed by atoms with E-state index in [2.05, 4.69) is 10.1 Å². The molecule has 0 unspecified atom stereocenters. The van der Waals surface area contributed by atoms with Gasteiger partial charge in [0.2, 0.25) is 5.89 Å². The summed E-state index contributed by atoms with van der Waals surface area (Å²) in [4.78, 5) is 3.68. The monoisotopic (exact) mass is 316 g/mol. The van der Waals surface area contributed by atoms with Crippen LogP contribution in [0.3, 0.4) is 0 Å². The van der Waals surface area contributed by atoms with Gasteiger partial charge in [-0.05, 0) is 18.2 Å². The molecule has 0 aliphatic heterocycles. The Balaban J connectivity index is 2.29. The highest BCUT2D eigenvalue weighted by atomic mass is 32.2. The van der Waals surface area contributed by atoms with Crippen molar-refractivity contribution in [2.75, 3.05) is 0 Å². The standard InChI is InChI=1S/C13H14F2N2O3S/c1-13(2,3)12-16-11(17-20-12)7-21(18,19)8-4-5-9(14)10(15)6-8/h4-6H,7H2,1-3H3. The lowest BCUT2D eigenvalue weighted by atomic mass is 9.97. The lowest BCUT2D eigenvalue weighted by molar-refractivity contribution is 0.319. The Labute approximate surface area is 120 Å². The van der Waals surface area contributed by atoms with Crippen LogP contribution >= 0.6 is 0 Å². The fourth-order valence-electron chi connectivity index (χ4n) is 1.54. The highest BCUT2D eigenvalue weighted by molar-refractivity contribution is 7.90. The van der Waals surface area contributed by atoms with Gasteiger partial charge in [-0.15, -0.1) is 0 Å². The van der Waals surface area contributed by atoms with Crippen LogP contribution in [0.1, 0.15) is 32.5 Å². The molecule has 1 heterocycles. The maximum absolute atomic E-state index is 13.1. The molecule has 8 heteroatoms. The van der Waals surface area contributed by atoms with Crippen molar-refractivity contribution in [2.45, 2.75) is 36.8 Å². The molecule has 0 saturated carbocycles. The molecule has 21 heavy (non-hydrogen) atoms. The van der Waals surface area contributed by atoms with Crippen molar-refractivity contribution in [3.63, 3.8) is 0 Å². The summed E-state index contributed by atoms with van der Waals surface area (Å²) < 4.78 is 55.2. The Morgan fingerprint density at radius 3 is 2.38 bits per heavy atom. The molecule has 0 fully saturated rings. The zero-order valence-corrected chi connectivity index (χ0v) is 12.5. The van der Waals surface area contributed by atoms with Gasteiger partial charge in [0.05, 0.1) is 4.90 Å². The molecule has 0 radical (unpaired) electrons. The molecule has 1 aromatic carbocycles. The molecule has 0 N–H and O–H groups in total. The van der Waals surface area contributed by atoms with Crippen LogP contribution in [0.4, 0.5) is 8.78 Å². The molecule has 1 aromatic heterocycles. The van der Waals surface area contributed by atoms with Crippen LogP contribution in [0, 0.1) is 11.6 Å². The first-order chi connectivity index (χ1) is 9.59. The van der Waals surface area contributed by atoms with E-state index in [1.165, 1.54) is 0 Å². The number of sulfone groups is 1. The van der Waals surface area contributed by atoms with Gasteiger partial charge in [0.25, 0.3) is 0 Å². The average molecular weight is 316 g/mol. The predicted molar refractivity (Wildman–Crippen MR) is 70.2 cm³/mol. The second-order valence-electron chi connectivity index (χ2n) is 5.60. The van der Waals surface area contributed by atoms with Crippen LogP contribution < -0.4 is 0 Å². The van der Waals surface area contributed by atoms with E-state index in [-0.39, 0.29) is 10.7 Å². The second kappa shape index (κ2) is 5.18. The molecule has 0 atom stereocenters. The number of benzene rings is 1. The van der Waals surface area contributed by atoms with E-state index in [1.807, 2.05) is 20.8 Å². The lowest BCUT2D eigenvalue weighted by Gasteiger charge is -2.10. The summed E-state index contributed by atoms with van der Waals surface area (Å²) in [7, 11) is -3.88. The van der Waals surface area contributed by atoms with Crippen molar-refractivity contribution >= 4 is 9.84 Å². The van der Waals surface area contributed by atoms with Crippen molar-refractivity contribution in [3.8, 4) is 0 Å². The first kappa shape index (κ1) is 15.6. The first-order valence-electron chi connectivity index (χ1n) is 6.10. The molecule has 0 spiro atoms. The Hall–Kier alpha value is -1.83. The van der Waals surface area contributed by atoms with Gasteiger partial charge in [-0.3, -0.25) is 0 Å². The zero-order chi connectivity index (χ0) is 15.8. The molecule has 0 saturated heterocycles. The third-order valence-electron chi connectivity index (χ3n) is 2.68. The minimum atomic E-state index is -3.88. The van der Waals surface area contributed by atoms with E-state index in [9.17, 15) is 17.2 Å². The van der Waals surface area contributed by atoms with E-state index in [0.717, 1.165) is 12.1 Å². The van der Waals surface area contributed by atoms with Crippen LogP contribution in [0.5, 0.6) is 0 Å². The van der Waals surface area contributed by atoms with Crippen LogP contribution in [0.15, 0.2) is 27.6 Å². The van der Waals surface area contributed by atoms with Crippen LogP contribution in [-0.2, 0) is 21.0 Å². The maximum Gasteiger partial charge on any atom is 0.232 e. The van der Waals surface area contributed by atoms with E-state index in [1.54, 1.807) is 0 Å². The molecule has 0 aliphatic carbocycles. The van der Waals surface area contributed by atoms with Gasteiger partial charge < -0.3 is 4.52 Å². The summed E-state index contributed by atoms with van der Waals surface area (Å²) in [6.07, 6.45) is 0. The summed E-state index contributed by atoms with van der Waals surface area (Å²) in [5.41, 5.74) is -0.406. The third-order valence-corrected chi connectivity index (χ3v) is 4.29. The van der Waals surface area contributed by atoms with Gasteiger partial charge in [-0.1, -0.05) is 25.9 Å². The van der Waals surface area contributed by atoms with Crippen LogP contribution in [0.2, 0.25) is 0 Å². The maximum atomic E-state index is 13.1. The summed E-state index contributed by atoms with van der Waals surface area (Å²) in [6.45, 7) is 5.52. The normalized spacial score (nSPS) is 12.6. The van der Waals surface area contributed by atoms with Gasteiger partial charge in [0, 0.05) is 5.41 Å². The highest BCUT2D eigenvalue weighted by Crippen LogP contribution is 2.22. The molecule has 0 amide bonds. The van der Waals surface area contributed by atoms with Gasteiger partial charge >= 0.3 is 0 Å². The van der Waals surface area contributed by atoms with Gasteiger partial charge in [0.15, 0.2) is 27.3 Å². The summed E-state index contributed by atoms with van der Waals surface area (Å²) in [5, 5.41) is 3.60. The predicted octanol–water partition coefficient (Wildman–Crippen LogP) is 2.62. The third kappa shape index (κ3) is 3.44. The lowest BCUT2D eigenvalue weighted by Crippen LogP contribution is -2.12. The van der Waals surface area contributed by atoms with Crippen molar-refractivity contribution in [1.29, 1.82) is 0 Å². The quantitative estimate of drug-likeness (QED) is 0.814. The van der Waals surface area contributed by atoms with Crippen molar-refractivity contribution in [1.82, 2.24) is 10.1 Å². The van der Waals surface area contributed by atoms with Gasteiger partial charge in [0.1, 0.15) is 5.75 Å². The van der Waals surface area contributed by atoms with E-state index in [0.29, 0.717) is 12.0 Å². The van der Waals surface area contributed by atoms with Crippen molar-refractivity contribution < 1.29 is 21.7 Å². The Bertz CT molecular complexity index is 764. The molecular formula is C13H14F2N2O3S. The summed E-state index contributed by atoms with van der Waals surface area (Å²) in [6, 6.07) is 2.40. The smallest absolute Gasteiger partial charge is 0.232 e. The largest absolute Gasteiger partial charge is 0.339 e. The molecule has 0 aliphatic rings. The fourth-order valence-corrected chi connectivity index (χ4v) is 2.72. The summed E-state index contributed by atoms with van der Waals surface area (Å²) in [5.74, 6) is -2.59. The number of rotatable bonds is 3. The SMILES string of the molecule is CC(C)(C)c1nc(CS(=O)(=O)c2ccc(F)c(F)c2)no1. The number of nitrogens with zero attached hydrogens (tertiary/aromatic N) is 2. The molecule has 0 bridgehead atoms. The van der Waals surface area contributed by atoms with Crippen LogP contribution in [-0.4, -0.2) is 18.6 Å². The van der Waals surface area contributed by atoms with Gasteiger partial charge in [-0.2, -0.15) is 4.98 Å².